The Labute approximate surface area is 93.0 Å². The normalized spacial score (nSPS) is 18.1. The van der Waals surface area contributed by atoms with E-state index in [4.69, 9.17) is 5.73 Å². The Kier molecular flexibility index (Phi) is 5.69. The van der Waals surface area contributed by atoms with Crippen molar-refractivity contribution in [1.82, 2.24) is 4.90 Å². The number of carbonyl (C=O) groups is 1. The Bertz CT molecular complexity index is 188. The summed E-state index contributed by atoms with van der Waals surface area (Å²) in [5.74, 6) is 0.611. The van der Waals surface area contributed by atoms with Crippen LogP contribution in [-0.2, 0) is 4.79 Å². The molecule has 0 aromatic carbocycles. The molecule has 1 unspecified atom stereocenters. The zero-order chi connectivity index (χ0) is 11.1. The summed E-state index contributed by atoms with van der Waals surface area (Å²) in [6.07, 6.45) is 6.43. The van der Waals surface area contributed by atoms with Crippen molar-refractivity contribution in [3.05, 3.63) is 0 Å². The van der Waals surface area contributed by atoms with E-state index in [9.17, 15) is 4.79 Å². The molecule has 0 aromatic rings. The molecule has 1 atom stereocenters. The molecule has 2 N–H and O–H groups in total. The van der Waals surface area contributed by atoms with E-state index in [-0.39, 0.29) is 5.92 Å². The first-order chi connectivity index (χ1) is 7.29. The summed E-state index contributed by atoms with van der Waals surface area (Å²) < 4.78 is 0. The van der Waals surface area contributed by atoms with Crippen molar-refractivity contribution in [2.45, 2.75) is 45.4 Å². The summed E-state index contributed by atoms with van der Waals surface area (Å²) >= 11 is 0. The molecule has 0 spiro atoms. The highest BCUT2D eigenvalue weighted by Gasteiger charge is 2.24. The summed E-state index contributed by atoms with van der Waals surface area (Å²) in [7, 11) is 0. The molecule has 15 heavy (non-hydrogen) atoms. The fraction of sp³-hybridized carbons (Fsp3) is 0.917. The van der Waals surface area contributed by atoms with Crippen LogP contribution < -0.4 is 5.73 Å². The third kappa shape index (κ3) is 3.82. The molecular formula is C12H24N2O. The second-order valence-corrected chi connectivity index (χ2v) is 4.45. The average molecular weight is 212 g/mol. The monoisotopic (exact) mass is 212 g/mol. The third-order valence-electron chi connectivity index (χ3n) is 3.16. The lowest BCUT2D eigenvalue weighted by Crippen LogP contribution is -2.34. The van der Waals surface area contributed by atoms with E-state index in [1.54, 1.807) is 0 Å². The lowest BCUT2D eigenvalue weighted by molar-refractivity contribution is -0.134. The Balaban J connectivity index is 2.41. The number of nitrogens with two attached hydrogens (primary N) is 1. The van der Waals surface area contributed by atoms with Crippen LogP contribution in [0.15, 0.2) is 0 Å². The minimum atomic E-state index is 0.233. The number of hydrogen-bond acceptors (Lipinski definition) is 2. The van der Waals surface area contributed by atoms with Crippen molar-refractivity contribution in [3.8, 4) is 0 Å². The summed E-state index contributed by atoms with van der Waals surface area (Å²) in [5, 5.41) is 0. The first-order valence-corrected chi connectivity index (χ1v) is 6.28. The molecule has 0 bridgehead atoms. The highest BCUT2D eigenvalue weighted by Crippen LogP contribution is 2.19. The number of carbonyl (C=O) groups excluding carboxylic acids is 1. The molecule has 88 valence electrons. The molecule has 1 heterocycles. The topological polar surface area (TPSA) is 46.3 Å². The van der Waals surface area contributed by atoms with E-state index in [0.29, 0.717) is 12.5 Å². The molecule has 1 fully saturated rings. The smallest absolute Gasteiger partial charge is 0.225 e. The summed E-state index contributed by atoms with van der Waals surface area (Å²) in [4.78, 5) is 14.2. The van der Waals surface area contributed by atoms with Gasteiger partial charge in [0.15, 0.2) is 0 Å². The number of rotatable bonds is 6. The average Bonchev–Trinajstić information content (AvgIpc) is 2.76. The second kappa shape index (κ2) is 6.83. The van der Waals surface area contributed by atoms with E-state index in [1.807, 2.05) is 4.90 Å². The molecule has 1 aliphatic heterocycles. The van der Waals surface area contributed by atoms with Crippen molar-refractivity contribution < 1.29 is 4.79 Å². The maximum Gasteiger partial charge on any atom is 0.225 e. The first-order valence-electron chi connectivity index (χ1n) is 6.28. The zero-order valence-electron chi connectivity index (χ0n) is 9.87. The SMILES string of the molecule is CCCC(CCCN)C(=O)N1CCCC1. The van der Waals surface area contributed by atoms with Gasteiger partial charge < -0.3 is 10.6 Å². The lowest BCUT2D eigenvalue weighted by Gasteiger charge is -2.22. The predicted molar refractivity (Wildman–Crippen MR) is 62.5 cm³/mol. The second-order valence-electron chi connectivity index (χ2n) is 4.45. The minimum absolute atomic E-state index is 0.233. The van der Waals surface area contributed by atoms with Gasteiger partial charge in [0.05, 0.1) is 0 Å². The Morgan fingerprint density at radius 3 is 2.53 bits per heavy atom. The highest BCUT2D eigenvalue weighted by atomic mass is 16.2. The van der Waals surface area contributed by atoms with Crippen LogP contribution in [-0.4, -0.2) is 30.4 Å². The van der Waals surface area contributed by atoms with Gasteiger partial charge in [0.2, 0.25) is 5.91 Å². The maximum atomic E-state index is 12.1. The van der Waals surface area contributed by atoms with Crippen LogP contribution in [0.3, 0.4) is 0 Å². The van der Waals surface area contributed by atoms with E-state index in [0.717, 1.165) is 38.8 Å². The highest BCUT2D eigenvalue weighted by molar-refractivity contribution is 5.79. The zero-order valence-corrected chi connectivity index (χ0v) is 9.87. The molecule has 0 radical (unpaired) electrons. The quantitative estimate of drug-likeness (QED) is 0.729. The number of hydrogen-bond donors (Lipinski definition) is 1. The van der Waals surface area contributed by atoms with Gasteiger partial charge in [0.25, 0.3) is 0 Å². The summed E-state index contributed by atoms with van der Waals surface area (Å²) in [5.41, 5.74) is 5.50. The molecule has 3 heteroatoms. The van der Waals surface area contributed by atoms with Gasteiger partial charge >= 0.3 is 0 Å². The van der Waals surface area contributed by atoms with E-state index in [2.05, 4.69) is 6.92 Å². The van der Waals surface area contributed by atoms with Crippen molar-refractivity contribution >= 4 is 5.91 Å². The van der Waals surface area contributed by atoms with Crippen LogP contribution in [0.25, 0.3) is 0 Å². The fourth-order valence-corrected chi connectivity index (χ4v) is 2.30. The molecule has 3 nitrogen and oxygen atoms in total. The molecule has 1 aliphatic rings. The maximum absolute atomic E-state index is 12.1. The molecule has 0 saturated carbocycles. The molecule has 1 saturated heterocycles. The van der Waals surface area contributed by atoms with Gasteiger partial charge in [-0.3, -0.25) is 4.79 Å². The van der Waals surface area contributed by atoms with Gasteiger partial charge in [-0.05, 0) is 38.6 Å². The van der Waals surface area contributed by atoms with Crippen LogP contribution in [0.4, 0.5) is 0 Å². The van der Waals surface area contributed by atoms with E-state index in [1.165, 1.54) is 12.8 Å². The van der Waals surface area contributed by atoms with Gasteiger partial charge in [-0.2, -0.15) is 0 Å². The molecule has 1 rings (SSSR count). The van der Waals surface area contributed by atoms with E-state index < -0.39 is 0 Å². The van der Waals surface area contributed by atoms with Crippen molar-refractivity contribution in [2.24, 2.45) is 11.7 Å². The molecular weight excluding hydrogens is 188 g/mol. The molecule has 0 aromatic heterocycles. The summed E-state index contributed by atoms with van der Waals surface area (Å²) in [6, 6.07) is 0. The van der Waals surface area contributed by atoms with Gasteiger partial charge in [-0.15, -0.1) is 0 Å². The van der Waals surface area contributed by atoms with Gasteiger partial charge in [-0.25, -0.2) is 0 Å². The number of nitrogens with zero attached hydrogens (tertiary/aromatic N) is 1. The largest absolute Gasteiger partial charge is 0.342 e. The lowest BCUT2D eigenvalue weighted by atomic mass is 9.96. The Morgan fingerprint density at radius 2 is 2.00 bits per heavy atom. The Morgan fingerprint density at radius 1 is 1.33 bits per heavy atom. The Hall–Kier alpha value is -0.570. The molecule has 0 aliphatic carbocycles. The van der Waals surface area contributed by atoms with Crippen LogP contribution in [0, 0.1) is 5.92 Å². The number of likely N-dealkylation sites (tertiary alicyclic amines) is 1. The van der Waals surface area contributed by atoms with Gasteiger partial charge in [-0.1, -0.05) is 13.3 Å². The third-order valence-corrected chi connectivity index (χ3v) is 3.16. The van der Waals surface area contributed by atoms with Crippen molar-refractivity contribution in [1.29, 1.82) is 0 Å². The van der Waals surface area contributed by atoms with Crippen LogP contribution >= 0.6 is 0 Å². The van der Waals surface area contributed by atoms with Gasteiger partial charge in [0.1, 0.15) is 0 Å². The van der Waals surface area contributed by atoms with Crippen molar-refractivity contribution in [2.75, 3.05) is 19.6 Å². The van der Waals surface area contributed by atoms with Crippen LogP contribution in [0.2, 0.25) is 0 Å². The van der Waals surface area contributed by atoms with Gasteiger partial charge in [0, 0.05) is 19.0 Å². The number of amides is 1. The standard InChI is InChI=1S/C12H24N2O/c1-2-6-11(7-5-8-13)12(15)14-9-3-4-10-14/h11H,2-10,13H2,1H3. The first kappa shape index (κ1) is 12.5. The van der Waals surface area contributed by atoms with E-state index >= 15 is 0 Å². The predicted octanol–water partition coefficient (Wildman–Crippen LogP) is 1.76. The molecule has 1 amide bonds. The minimum Gasteiger partial charge on any atom is -0.342 e. The van der Waals surface area contributed by atoms with Crippen molar-refractivity contribution in [3.63, 3.8) is 0 Å². The van der Waals surface area contributed by atoms with Crippen LogP contribution in [0.5, 0.6) is 0 Å². The van der Waals surface area contributed by atoms with Crippen LogP contribution in [0.1, 0.15) is 45.4 Å². The summed E-state index contributed by atoms with van der Waals surface area (Å²) in [6.45, 7) is 4.80. The fourth-order valence-electron chi connectivity index (χ4n) is 2.30.